The molecular formula is C15H16FN3O. The van der Waals surface area contributed by atoms with Gasteiger partial charge in [-0.15, -0.1) is 0 Å². The Bertz CT molecular complexity index is 586. The fraction of sp³-hybridized carbons (Fsp3) is 0.333. The molecule has 0 saturated heterocycles. The summed E-state index contributed by atoms with van der Waals surface area (Å²) in [5, 5.41) is 3.09. The number of carbonyl (C=O) groups excluding carboxylic acids is 1. The van der Waals surface area contributed by atoms with Gasteiger partial charge in [-0.1, -0.05) is 25.0 Å². The SMILES string of the molecule is O=C(NC1(c2ccc(F)cc2)CCCC1)n1ccnc1. The van der Waals surface area contributed by atoms with E-state index >= 15 is 0 Å². The molecule has 1 amide bonds. The minimum Gasteiger partial charge on any atom is -0.328 e. The van der Waals surface area contributed by atoms with Crippen molar-refractivity contribution >= 4 is 6.03 Å². The van der Waals surface area contributed by atoms with E-state index in [0.29, 0.717) is 0 Å². The summed E-state index contributed by atoms with van der Waals surface area (Å²) in [6.07, 6.45) is 8.52. The number of hydrogen-bond donors (Lipinski definition) is 1. The second-order valence-corrected chi connectivity index (χ2v) is 5.20. The molecule has 0 bridgehead atoms. The highest BCUT2D eigenvalue weighted by molar-refractivity contribution is 5.77. The number of aromatic nitrogens is 2. The average molecular weight is 273 g/mol. The van der Waals surface area contributed by atoms with Gasteiger partial charge in [-0.05, 0) is 30.5 Å². The van der Waals surface area contributed by atoms with Crippen LogP contribution in [-0.2, 0) is 5.54 Å². The number of nitrogens with zero attached hydrogens (tertiary/aromatic N) is 2. The van der Waals surface area contributed by atoms with Crippen molar-refractivity contribution in [2.24, 2.45) is 0 Å². The van der Waals surface area contributed by atoms with E-state index in [1.165, 1.54) is 23.0 Å². The highest BCUT2D eigenvalue weighted by Crippen LogP contribution is 2.38. The quantitative estimate of drug-likeness (QED) is 0.914. The van der Waals surface area contributed by atoms with Gasteiger partial charge in [0.25, 0.3) is 0 Å². The minimum atomic E-state index is -0.394. The van der Waals surface area contributed by atoms with Crippen molar-refractivity contribution in [1.82, 2.24) is 14.9 Å². The second kappa shape index (κ2) is 5.07. The molecule has 0 atom stereocenters. The highest BCUT2D eigenvalue weighted by Gasteiger charge is 2.37. The molecule has 3 rings (SSSR count). The van der Waals surface area contributed by atoms with E-state index in [-0.39, 0.29) is 11.8 Å². The number of benzene rings is 1. The zero-order chi connectivity index (χ0) is 14.0. The van der Waals surface area contributed by atoms with E-state index in [0.717, 1.165) is 31.2 Å². The maximum Gasteiger partial charge on any atom is 0.327 e. The van der Waals surface area contributed by atoms with E-state index in [9.17, 15) is 9.18 Å². The standard InChI is InChI=1S/C15H16FN3O/c16-13-5-3-12(4-6-13)15(7-1-2-8-15)18-14(20)19-10-9-17-11-19/h3-6,9-11H,1-2,7-8H2,(H,18,20). The van der Waals surface area contributed by atoms with Crippen LogP contribution in [0.4, 0.5) is 9.18 Å². The molecular weight excluding hydrogens is 257 g/mol. The van der Waals surface area contributed by atoms with Crippen LogP contribution in [0.2, 0.25) is 0 Å². The van der Waals surface area contributed by atoms with Crippen LogP contribution in [0.25, 0.3) is 0 Å². The molecule has 1 heterocycles. The van der Waals surface area contributed by atoms with Gasteiger partial charge in [0, 0.05) is 12.4 Å². The van der Waals surface area contributed by atoms with Crippen molar-refractivity contribution in [3.05, 3.63) is 54.4 Å². The number of halogens is 1. The fourth-order valence-electron chi connectivity index (χ4n) is 2.88. The Labute approximate surface area is 116 Å². The zero-order valence-electron chi connectivity index (χ0n) is 11.1. The van der Waals surface area contributed by atoms with Gasteiger partial charge in [0.05, 0.1) is 5.54 Å². The molecule has 0 spiro atoms. The van der Waals surface area contributed by atoms with Crippen LogP contribution in [0.3, 0.4) is 0 Å². The summed E-state index contributed by atoms with van der Waals surface area (Å²) in [6.45, 7) is 0. The third kappa shape index (κ3) is 2.31. The largest absolute Gasteiger partial charge is 0.328 e. The van der Waals surface area contributed by atoms with Crippen molar-refractivity contribution in [3.8, 4) is 0 Å². The number of rotatable bonds is 2. The molecule has 1 N–H and O–H groups in total. The van der Waals surface area contributed by atoms with Gasteiger partial charge in [-0.25, -0.2) is 14.2 Å². The van der Waals surface area contributed by atoms with Gasteiger partial charge >= 0.3 is 6.03 Å². The molecule has 1 aliphatic carbocycles. The monoisotopic (exact) mass is 273 g/mol. The molecule has 1 aliphatic rings. The predicted octanol–water partition coefficient (Wildman–Crippen LogP) is 3.05. The molecule has 2 aromatic rings. The lowest BCUT2D eigenvalue weighted by molar-refractivity contribution is 0.226. The van der Waals surface area contributed by atoms with Gasteiger partial charge in [-0.2, -0.15) is 0 Å². The Hall–Kier alpha value is -2.17. The van der Waals surface area contributed by atoms with Gasteiger partial charge in [0.1, 0.15) is 12.1 Å². The first-order valence-corrected chi connectivity index (χ1v) is 6.76. The smallest absolute Gasteiger partial charge is 0.327 e. The lowest BCUT2D eigenvalue weighted by Crippen LogP contribution is -2.45. The average Bonchev–Trinajstić information content (AvgIpc) is 3.10. The summed E-state index contributed by atoms with van der Waals surface area (Å²) < 4.78 is 14.5. The Kier molecular flexibility index (Phi) is 3.26. The number of nitrogens with one attached hydrogen (secondary N) is 1. The van der Waals surface area contributed by atoms with E-state index in [1.807, 2.05) is 0 Å². The molecule has 0 unspecified atom stereocenters. The first-order valence-electron chi connectivity index (χ1n) is 6.76. The highest BCUT2D eigenvalue weighted by atomic mass is 19.1. The van der Waals surface area contributed by atoms with E-state index in [2.05, 4.69) is 10.3 Å². The van der Waals surface area contributed by atoms with Gasteiger partial charge < -0.3 is 5.32 Å². The Morgan fingerprint density at radius 3 is 2.55 bits per heavy atom. The van der Waals surface area contributed by atoms with Crippen molar-refractivity contribution in [3.63, 3.8) is 0 Å². The van der Waals surface area contributed by atoms with E-state index in [1.54, 1.807) is 24.5 Å². The molecule has 0 aliphatic heterocycles. The maximum atomic E-state index is 13.1. The third-order valence-corrected chi connectivity index (χ3v) is 3.94. The van der Waals surface area contributed by atoms with Gasteiger partial charge in [0.15, 0.2) is 0 Å². The lowest BCUT2D eigenvalue weighted by atomic mass is 9.88. The first-order chi connectivity index (χ1) is 9.70. The second-order valence-electron chi connectivity index (χ2n) is 5.20. The molecule has 20 heavy (non-hydrogen) atoms. The molecule has 104 valence electrons. The van der Waals surface area contributed by atoms with Crippen molar-refractivity contribution in [2.75, 3.05) is 0 Å². The summed E-state index contributed by atoms with van der Waals surface area (Å²) in [6, 6.07) is 6.20. The number of hydrogen-bond acceptors (Lipinski definition) is 2. The summed E-state index contributed by atoms with van der Waals surface area (Å²) in [4.78, 5) is 16.1. The Balaban J connectivity index is 1.88. The van der Waals surface area contributed by atoms with Crippen LogP contribution in [-0.4, -0.2) is 15.6 Å². The third-order valence-electron chi connectivity index (χ3n) is 3.94. The van der Waals surface area contributed by atoms with Crippen LogP contribution >= 0.6 is 0 Å². The van der Waals surface area contributed by atoms with Crippen molar-refractivity contribution in [1.29, 1.82) is 0 Å². The maximum absolute atomic E-state index is 13.1. The minimum absolute atomic E-state index is 0.200. The topological polar surface area (TPSA) is 46.9 Å². The Morgan fingerprint density at radius 1 is 1.25 bits per heavy atom. The number of imidazole rings is 1. The molecule has 0 radical (unpaired) electrons. The van der Waals surface area contributed by atoms with Gasteiger partial charge in [0.2, 0.25) is 0 Å². The van der Waals surface area contributed by atoms with Gasteiger partial charge in [-0.3, -0.25) is 4.57 Å². The molecule has 1 aromatic carbocycles. The summed E-state index contributed by atoms with van der Waals surface area (Å²) >= 11 is 0. The first kappa shape index (κ1) is 12.8. The van der Waals surface area contributed by atoms with Crippen molar-refractivity contribution in [2.45, 2.75) is 31.2 Å². The normalized spacial score (nSPS) is 17.1. The summed E-state index contributed by atoms with van der Waals surface area (Å²) in [5.74, 6) is -0.261. The Morgan fingerprint density at radius 2 is 1.95 bits per heavy atom. The summed E-state index contributed by atoms with van der Waals surface area (Å²) in [5.41, 5.74) is 0.569. The van der Waals surface area contributed by atoms with Crippen LogP contribution < -0.4 is 5.32 Å². The van der Waals surface area contributed by atoms with Crippen molar-refractivity contribution < 1.29 is 9.18 Å². The molecule has 1 aromatic heterocycles. The van der Waals surface area contributed by atoms with Crippen LogP contribution in [0.1, 0.15) is 31.2 Å². The van der Waals surface area contributed by atoms with E-state index < -0.39 is 5.54 Å². The van der Waals surface area contributed by atoms with Crippen LogP contribution in [0.15, 0.2) is 43.0 Å². The molecule has 1 fully saturated rings. The van der Waals surface area contributed by atoms with Crippen LogP contribution in [0, 0.1) is 5.82 Å². The fourth-order valence-corrected chi connectivity index (χ4v) is 2.88. The molecule has 4 nitrogen and oxygen atoms in total. The lowest BCUT2D eigenvalue weighted by Gasteiger charge is -2.31. The van der Waals surface area contributed by atoms with E-state index in [4.69, 9.17) is 0 Å². The number of carbonyl (C=O) groups is 1. The zero-order valence-corrected chi connectivity index (χ0v) is 11.1. The molecule has 1 saturated carbocycles. The van der Waals surface area contributed by atoms with Crippen LogP contribution in [0.5, 0.6) is 0 Å². The number of amides is 1. The molecule has 5 heteroatoms. The summed E-state index contributed by atoms with van der Waals surface area (Å²) in [7, 11) is 0. The predicted molar refractivity (Wildman–Crippen MR) is 72.7 cm³/mol.